The van der Waals surface area contributed by atoms with Gasteiger partial charge in [0.05, 0.1) is 18.2 Å². The maximum absolute atomic E-state index is 10.9. The van der Waals surface area contributed by atoms with E-state index in [1.807, 2.05) is 16.9 Å². The number of allylic oxidation sites excluding steroid dienone is 1. The largest absolute Gasteiger partial charge is 0.389 e. The van der Waals surface area contributed by atoms with E-state index in [9.17, 15) is 5.11 Å². The molecule has 0 radical (unpaired) electrons. The lowest BCUT2D eigenvalue weighted by Gasteiger charge is -2.48. The van der Waals surface area contributed by atoms with Crippen LogP contribution in [0.1, 0.15) is 23.1 Å². The van der Waals surface area contributed by atoms with Crippen LogP contribution in [-0.2, 0) is 12.1 Å². The van der Waals surface area contributed by atoms with Gasteiger partial charge in [0.1, 0.15) is 0 Å². The van der Waals surface area contributed by atoms with Crippen molar-refractivity contribution in [3.8, 4) is 0 Å². The Kier molecular flexibility index (Phi) is 6.20. The van der Waals surface area contributed by atoms with Crippen molar-refractivity contribution < 1.29 is 5.11 Å². The van der Waals surface area contributed by atoms with Crippen molar-refractivity contribution in [3.63, 3.8) is 0 Å². The van der Waals surface area contributed by atoms with Gasteiger partial charge in [-0.1, -0.05) is 97.1 Å². The second-order valence-electron chi connectivity index (χ2n) is 8.54. The number of benzene rings is 3. The normalized spacial score (nSPS) is 18.5. The first-order chi connectivity index (χ1) is 16.3. The van der Waals surface area contributed by atoms with Gasteiger partial charge in [0.2, 0.25) is 0 Å². The van der Waals surface area contributed by atoms with E-state index in [-0.39, 0.29) is 0 Å². The van der Waals surface area contributed by atoms with Gasteiger partial charge in [-0.05, 0) is 34.8 Å². The fourth-order valence-corrected chi connectivity index (χ4v) is 5.06. The van der Waals surface area contributed by atoms with Crippen molar-refractivity contribution in [2.45, 2.75) is 24.6 Å². The number of aromatic nitrogens is 2. The highest BCUT2D eigenvalue weighted by Gasteiger charge is 2.44. The summed E-state index contributed by atoms with van der Waals surface area (Å²) in [5, 5.41) is 15.2. The molecule has 1 saturated heterocycles. The molecule has 0 bridgehead atoms. The minimum Gasteiger partial charge on any atom is -0.389 e. The maximum Gasteiger partial charge on any atom is 0.0975 e. The lowest BCUT2D eigenvalue weighted by atomic mass is 9.74. The Bertz CT molecular complexity index is 1070. The van der Waals surface area contributed by atoms with E-state index in [1.54, 1.807) is 6.20 Å². The van der Waals surface area contributed by atoms with E-state index in [0.29, 0.717) is 19.5 Å². The second-order valence-corrected chi connectivity index (χ2v) is 8.54. The topological polar surface area (TPSA) is 41.3 Å². The third-order valence-electron chi connectivity index (χ3n) is 6.62. The highest BCUT2D eigenvalue weighted by Crippen LogP contribution is 2.44. The van der Waals surface area contributed by atoms with Gasteiger partial charge < -0.3 is 5.11 Å². The second kappa shape index (κ2) is 9.57. The zero-order chi connectivity index (χ0) is 22.5. The van der Waals surface area contributed by atoms with Crippen LogP contribution in [0.25, 0.3) is 0 Å². The van der Waals surface area contributed by atoms with Gasteiger partial charge in [-0.2, -0.15) is 5.10 Å². The molecule has 3 aromatic carbocycles. The Labute approximate surface area is 195 Å². The van der Waals surface area contributed by atoms with Crippen molar-refractivity contribution in [1.29, 1.82) is 0 Å². The molecular weight excluding hydrogens is 406 g/mol. The van der Waals surface area contributed by atoms with Crippen LogP contribution in [-0.4, -0.2) is 39.0 Å². The van der Waals surface area contributed by atoms with Crippen LogP contribution >= 0.6 is 0 Å². The first kappa shape index (κ1) is 21.4. The lowest BCUT2D eigenvalue weighted by Crippen LogP contribution is -2.53. The van der Waals surface area contributed by atoms with Crippen LogP contribution in [0, 0.1) is 0 Å². The third kappa shape index (κ3) is 4.15. The van der Waals surface area contributed by atoms with Crippen molar-refractivity contribution in [2.75, 3.05) is 13.1 Å². The van der Waals surface area contributed by atoms with E-state index in [2.05, 4.69) is 107 Å². The van der Waals surface area contributed by atoms with Gasteiger partial charge in [0.25, 0.3) is 0 Å². The van der Waals surface area contributed by atoms with Gasteiger partial charge in [-0.3, -0.25) is 9.58 Å². The molecule has 1 fully saturated rings. The number of likely N-dealkylation sites (tertiary alicyclic amines) is 1. The summed E-state index contributed by atoms with van der Waals surface area (Å²) in [6.07, 6.45) is 6.13. The highest BCUT2D eigenvalue weighted by atomic mass is 16.3. The number of rotatable bonds is 6. The summed E-state index contributed by atoms with van der Waals surface area (Å²) >= 11 is 0. The monoisotopic (exact) mass is 435 g/mol. The summed E-state index contributed by atoms with van der Waals surface area (Å²) < 4.78 is 1.89. The average molecular weight is 436 g/mol. The summed E-state index contributed by atoms with van der Waals surface area (Å²) in [6.45, 7) is 2.13. The standard InChI is InChI=1S/C29H29N3O/c33-28-18-21-31(23-24(28)17-22-32-20-10-19-30-32)29(25-11-4-1-5-12-25,26-13-6-2-7-14-26)27-15-8-3-9-16-27/h1-17,19-20,28,33H,18,21-23H2. The molecule has 1 unspecified atom stereocenters. The molecule has 4 aromatic rings. The molecule has 1 atom stereocenters. The number of nitrogens with zero attached hydrogens (tertiary/aromatic N) is 3. The fraction of sp³-hybridized carbons (Fsp3) is 0.207. The highest BCUT2D eigenvalue weighted by molar-refractivity contribution is 5.50. The Morgan fingerprint density at radius 3 is 1.85 bits per heavy atom. The quantitative estimate of drug-likeness (QED) is 0.347. The Balaban J connectivity index is 1.65. The molecule has 0 amide bonds. The lowest BCUT2D eigenvalue weighted by molar-refractivity contribution is 0.0856. The molecule has 1 aliphatic heterocycles. The molecule has 0 aliphatic carbocycles. The molecule has 2 heterocycles. The van der Waals surface area contributed by atoms with E-state index in [0.717, 1.165) is 12.1 Å². The number of aliphatic hydroxyl groups is 1. The molecule has 166 valence electrons. The molecule has 1 N–H and O–H groups in total. The number of piperidine rings is 1. The predicted molar refractivity (Wildman–Crippen MR) is 132 cm³/mol. The number of hydrogen-bond donors (Lipinski definition) is 1. The van der Waals surface area contributed by atoms with Crippen LogP contribution in [0.2, 0.25) is 0 Å². The molecule has 0 spiro atoms. The zero-order valence-electron chi connectivity index (χ0n) is 18.7. The van der Waals surface area contributed by atoms with E-state index < -0.39 is 11.6 Å². The molecule has 0 saturated carbocycles. The van der Waals surface area contributed by atoms with Gasteiger partial charge in [0.15, 0.2) is 0 Å². The smallest absolute Gasteiger partial charge is 0.0975 e. The molecule has 5 rings (SSSR count). The van der Waals surface area contributed by atoms with E-state index in [1.165, 1.54) is 16.7 Å². The molecule has 33 heavy (non-hydrogen) atoms. The summed E-state index contributed by atoms with van der Waals surface area (Å²) in [7, 11) is 0. The minimum absolute atomic E-state index is 0.433. The van der Waals surface area contributed by atoms with Gasteiger partial charge in [-0.25, -0.2) is 0 Å². The molecule has 1 aromatic heterocycles. The van der Waals surface area contributed by atoms with Crippen LogP contribution in [0.4, 0.5) is 0 Å². The summed E-state index contributed by atoms with van der Waals surface area (Å²) in [4.78, 5) is 2.52. The van der Waals surface area contributed by atoms with Gasteiger partial charge >= 0.3 is 0 Å². The van der Waals surface area contributed by atoms with Crippen molar-refractivity contribution >= 4 is 0 Å². The van der Waals surface area contributed by atoms with Gasteiger partial charge in [0, 0.05) is 25.5 Å². The van der Waals surface area contributed by atoms with Crippen molar-refractivity contribution in [2.24, 2.45) is 0 Å². The SMILES string of the molecule is OC1CCN(C(c2ccccc2)(c2ccccc2)c2ccccc2)CC1=CCn1cccn1. The van der Waals surface area contributed by atoms with E-state index in [4.69, 9.17) is 0 Å². The first-order valence-corrected chi connectivity index (χ1v) is 11.5. The zero-order valence-corrected chi connectivity index (χ0v) is 18.7. The first-order valence-electron chi connectivity index (χ1n) is 11.5. The fourth-order valence-electron chi connectivity index (χ4n) is 5.06. The van der Waals surface area contributed by atoms with Crippen LogP contribution in [0.5, 0.6) is 0 Å². The van der Waals surface area contributed by atoms with Crippen LogP contribution < -0.4 is 0 Å². The molecule has 4 heteroatoms. The average Bonchev–Trinajstić information content (AvgIpc) is 3.40. The van der Waals surface area contributed by atoms with Gasteiger partial charge in [-0.15, -0.1) is 0 Å². The maximum atomic E-state index is 10.9. The van der Waals surface area contributed by atoms with Crippen LogP contribution in [0.3, 0.4) is 0 Å². The summed E-state index contributed by atoms with van der Waals surface area (Å²) in [6, 6.07) is 34.1. The number of aliphatic hydroxyl groups excluding tert-OH is 1. The molecular formula is C29H29N3O. The Hall–Kier alpha value is -3.47. The third-order valence-corrected chi connectivity index (χ3v) is 6.62. The predicted octanol–water partition coefficient (Wildman–Crippen LogP) is 4.87. The molecule has 1 aliphatic rings. The summed E-state index contributed by atoms with van der Waals surface area (Å²) in [5.74, 6) is 0. The minimum atomic E-state index is -0.464. The van der Waals surface area contributed by atoms with Crippen molar-refractivity contribution in [3.05, 3.63) is 138 Å². The molecule has 4 nitrogen and oxygen atoms in total. The Morgan fingerprint density at radius 1 is 0.818 bits per heavy atom. The Morgan fingerprint density at radius 2 is 1.36 bits per heavy atom. The number of hydrogen-bond acceptors (Lipinski definition) is 3. The van der Waals surface area contributed by atoms with E-state index >= 15 is 0 Å². The van der Waals surface area contributed by atoms with Crippen LogP contribution in [0.15, 0.2) is 121 Å². The summed E-state index contributed by atoms with van der Waals surface area (Å²) in [5.41, 5.74) is 4.26. The van der Waals surface area contributed by atoms with Crippen molar-refractivity contribution in [1.82, 2.24) is 14.7 Å².